The Labute approximate surface area is 196 Å². The molecule has 2 aliphatic heterocycles. The molecule has 0 spiro atoms. The summed E-state index contributed by atoms with van der Waals surface area (Å²) in [4.78, 5) is 28.1. The molecule has 0 bridgehead atoms. The maximum Gasteiger partial charge on any atom is 0.278 e. The highest BCUT2D eigenvalue weighted by molar-refractivity contribution is 6.36. The van der Waals surface area contributed by atoms with E-state index in [1.54, 1.807) is 18.2 Å². The molecule has 3 aromatic rings. The van der Waals surface area contributed by atoms with Crippen LogP contribution in [0.3, 0.4) is 0 Å². The summed E-state index contributed by atoms with van der Waals surface area (Å²) in [7, 11) is 0. The first-order chi connectivity index (χ1) is 16.4. The Morgan fingerprint density at radius 1 is 0.912 bits per heavy atom. The van der Waals surface area contributed by atoms with Crippen LogP contribution in [0.2, 0.25) is 0 Å². The van der Waals surface area contributed by atoms with Crippen molar-refractivity contribution in [2.75, 3.05) is 12.1 Å². The molecule has 0 saturated heterocycles. The Kier molecular flexibility index (Phi) is 5.53. The Morgan fingerprint density at radius 3 is 2.32 bits per heavy atom. The number of carbonyl (C=O) groups excluding carboxylic acids is 2. The summed E-state index contributed by atoms with van der Waals surface area (Å²) in [6.45, 7) is 4.41. The van der Waals surface area contributed by atoms with Crippen LogP contribution in [0.5, 0.6) is 11.5 Å². The molecule has 0 aliphatic carbocycles. The van der Waals surface area contributed by atoms with Gasteiger partial charge in [-0.2, -0.15) is 0 Å². The third kappa shape index (κ3) is 4.01. The zero-order valence-corrected chi connectivity index (χ0v) is 18.8. The maximum atomic E-state index is 13.6. The predicted octanol–water partition coefficient (Wildman–Crippen LogP) is 5.07. The number of hydrogen-bond donors (Lipinski definition) is 1. The number of amides is 2. The van der Waals surface area contributed by atoms with Crippen LogP contribution in [0.4, 0.5) is 10.1 Å². The first-order valence-corrected chi connectivity index (χ1v) is 11.0. The molecule has 5 rings (SSSR count). The van der Waals surface area contributed by atoms with Crippen molar-refractivity contribution < 1.29 is 23.5 Å². The van der Waals surface area contributed by atoms with E-state index in [0.29, 0.717) is 28.7 Å². The van der Waals surface area contributed by atoms with Crippen molar-refractivity contribution in [3.8, 4) is 11.5 Å². The molecule has 0 saturated carbocycles. The SMILES string of the molecule is CC(C)c1ccc(NC2=C(c3ccc(F)cc3)C(=O)N(Cc3ccc4c(c3)OCO4)C2=O)cc1. The smallest absolute Gasteiger partial charge is 0.278 e. The summed E-state index contributed by atoms with van der Waals surface area (Å²) in [6.07, 6.45) is 0. The molecule has 0 radical (unpaired) electrons. The number of fused-ring (bicyclic) bond motifs is 1. The minimum absolute atomic E-state index is 0.0659. The fraction of sp³-hybridized carbons (Fsp3) is 0.185. The van der Waals surface area contributed by atoms with Crippen molar-refractivity contribution in [2.45, 2.75) is 26.3 Å². The summed E-state index contributed by atoms with van der Waals surface area (Å²) in [6, 6.07) is 18.6. The minimum atomic E-state index is -0.449. The van der Waals surface area contributed by atoms with Crippen molar-refractivity contribution in [3.05, 3.63) is 94.9 Å². The van der Waals surface area contributed by atoms with E-state index in [1.165, 1.54) is 29.2 Å². The summed E-state index contributed by atoms with van der Waals surface area (Å²) < 4.78 is 24.3. The number of imide groups is 1. The number of nitrogens with zero attached hydrogens (tertiary/aromatic N) is 1. The van der Waals surface area contributed by atoms with E-state index in [0.717, 1.165) is 11.1 Å². The van der Waals surface area contributed by atoms with Crippen molar-refractivity contribution in [1.29, 1.82) is 0 Å². The highest BCUT2D eigenvalue weighted by Gasteiger charge is 2.39. The average molecular weight is 458 g/mol. The molecule has 2 amide bonds. The summed E-state index contributed by atoms with van der Waals surface area (Å²) in [5.41, 5.74) is 3.41. The Balaban J connectivity index is 1.48. The van der Waals surface area contributed by atoms with Gasteiger partial charge >= 0.3 is 0 Å². The first-order valence-electron chi connectivity index (χ1n) is 11.0. The summed E-state index contributed by atoms with van der Waals surface area (Å²) >= 11 is 0. The number of carbonyl (C=O) groups is 2. The van der Waals surface area contributed by atoms with Gasteiger partial charge in [-0.05, 0) is 59.0 Å². The molecule has 0 unspecified atom stereocenters. The minimum Gasteiger partial charge on any atom is -0.454 e. The van der Waals surface area contributed by atoms with E-state index in [2.05, 4.69) is 19.2 Å². The zero-order chi connectivity index (χ0) is 23.8. The Morgan fingerprint density at radius 2 is 1.62 bits per heavy atom. The largest absolute Gasteiger partial charge is 0.454 e. The molecule has 3 aromatic carbocycles. The van der Waals surface area contributed by atoms with Crippen LogP contribution < -0.4 is 14.8 Å². The highest BCUT2D eigenvalue weighted by Crippen LogP contribution is 2.35. The van der Waals surface area contributed by atoms with Crippen molar-refractivity contribution >= 4 is 23.1 Å². The molecule has 0 atom stereocenters. The van der Waals surface area contributed by atoms with Gasteiger partial charge in [-0.25, -0.2) is 4.39 Å². The molecule has 172 valence electrons. The number of anilines is 1. The van der Waals surface area contributed by atoms with E-state index in [9.17, 15) is 14.0 Å². The lowest BCUT2D eigenvalue weighted by molar-refractivity contribution is -0.137. The van der Waals surface area contributed by atoms with Gasteiger partial charge in [0.1, 0.15) is 11.5 Å². The standard InChI is InChI=1S/C27H23FN2O4/c1-16(2)18-6-10-21(11-7-18)29-25-24(19-4-8-20(28)9-5-19)26(31)30(27(25)32)14-17-3-12-22-23(13-17)34-15-33-22/h3-13,16,29H,14-15H2,1-2H3. The lowest BCUT2D eigenvalue weighted by Crippen LogP contribution is -2.32. The van der Waals surface area contributed by atoms with Crippen LogP contribution in [0.15, 0.2) is 72.4 Å². The monoisotopic (exact) mass is 458 g/mol. The summed E-state index contributed by atoms with van der Waals surface area (Å²) in [5.74, 6) is 0.254. The zero-order valence-electron chi connectivity index (χ0n) is 18.8. The van der Waals surface area contributed by atoms with Crippen LogP contribution in [-0.2, 0) is 16.1 Å². The second-order valence-corrected chi connectivity index (χ2v) is 8.54. The second kappa shape index (κ2) is 8.67. The number of ether oxygens (including phenoxy) is 2. The van der Waals surface area contributed by atoms with Crippen LogP contribution in [0, 0.1) is 5.82 Å². The number of benzene rings is 3. The normalized spacial score (nSPS) is 15.0. The van der Waals surface area contributed by atoms with Gasteiger partial charge in [0.25, 0.3) is 11.8 Å². The third-order valence-electron chi connectivity index (χ3n) is 5.93. The topological polar surface area (TPSA) is 67.9 Å². The molecule has 0 fully saturated rings. The highest BCUT2D eigenvalue weighted by atomic mass is 19.1. The van der Waals surface area contributed by atoms with Crippen LogP contribution >= 0.6 is 0 Å². The number of nitrogens with one attached hydrogen (secondary N) is 1. The van der Waals surface area contributed by atoms with Gasteiger partial charge in [-0.15, -0.1) is 0 Å². The molecule has 1 N–H and O–H groups in total. The molecule has 0 aromatic heterocycles. The van der Waals surface area contributed by atoms with E-state index in [-0.39, 0.29) is 24.6 Å². The van der Waals surface area contributed by atoms with E-state index < -0.39 is 17.6 Å². The van der Waals surface area contributed by atoms with E-state index in [1.807, 2.05) is 24.3 Å². The van der Waals surface area contributed by atoms with Crippen molar-refractivity contribution in [2.24, 2.45) is 0 Å². The third-order valence-corrected chi connectivity index (χ3v) is 5.93. The van der Waals surface area contributed by atoms with Crippen molar-refractivity contribution in [1.82, 2.24) is 4.90 Å². The van der Waals surface area contributed by atoms with Gasteiger partial charge in [-0.1, -0.05) is 44.2 Å². The van der Waals surface area contributed by atoms with Gasteiger partial charge in [0.05, 0.1) is 12.1 Å². The molecular weight excluding hydrogens is 435 g/mol. The molecule has 2 aliphatic rings. The molecule has 2 heterocycles. The fourth-order valence-electron chi connectivity index (χ4n) is 4.04. The molecule has 34 heavy (non-hydrogen) atoms. The van der Waals surface area contributed by atoms with Crippen LogP contribution in [-0.4, -0.2) is 23.5 Å². The number of rotatable bonds is 6. The lowest BCUT2D eigenvalue weighted by atomic mass is 10.0. The van der Waals surface area contributed by atoms with Crippen molar-refractivity contribution in [3.63, 3.8) is 0 Å². The van der Waals surface area contributed by atoms with Gasteiger partial charge < -0.3 is 14.8 Å². The van der Waals surface area contributed by atoms with Gasteiger partial charge in [0.2, 0.25) is 6.79 Å². The lowest BCUT2D eigenvalue weighted by Gasteiger charge is -2.16. The van der Waals surface area contributed by atoms with Gasteiger partial charge in [0.15, 0.2) is 11.5 Å². The van der Waals surface area contributed by atoms with Crippen LogP contribution in [0.25, 0.3) is 5.57 Å². The quantitative estimate of drug-likeness (QED) is 0.523. The number of hydrogen-bond acceptors (Lipinski definition) is 5. The molecule has 7 heteroatoms. The maximum absolute atomic E-state index is 13.6. The molecule has 6 nitrogen and oxygen atoms in total. The summed E-state index contributed by atoms with van der Waals surface area (Å²) in [5, 5.41) is 3.14. The Hall–Kier alpha value is -4.13. The first kappa shape index (κ1) is 21.7. The number of halogens is 1. The fourth-order valence-corrected chi connectivity index (χ4v) is 4.04. The molecular formula is C27H23FN2O4. The predicted molar refractivity (Wildman–Crippen MR) is 126 cm³/mol. The van der Waals surface area contributed by atoms with Gasteiger partial charge in [-0.3, -0.25) is 14.5 Å². The van der Waals surface area contributed by atoms with Crippen LogP contribution in [0.1, 0.15) is 36.5 Å². The Bertz CT molecular complexity index is 1300. The van der Waals surface area contributed by atoms with E-state index in [4.69, 9.17) is 9.47 Å². The van der Waals surface area contributed by atoms with E-state index >= 15 is 0 Å². The second-order valence-electron chi connectivity index (χ2n) is 8.54. The average Bonchev–Trinajstić information content (AvgIpc) is 3.38. The van der Waals surface area contributed by atoms with Gasteiger partial charge in [0, 0.05) is 5.69 Å².